The van der Waals surface area contributed by atoms with Crippen molar-refractivity contribution in [3.05, 3.63) is 117 Å². The van der Waals surface area contributed by atoms with Crippen LogP contribution in [0.1, 0.15) is 56.0 Å². The van der Waals surface area contributed by atoms with Crippen molar-refractivity contribution in [1.82, 2.24) is 24.5 Å². The Kier molecular flexibility index (Phi) is 12.9. The molecule has 64 heavy (non-hydrogen) atoms. The highest BCUT2D eigenvalue weighted by molar-refractivity contribution is 7.90. The third-order valence-corrected chi connectivity index (χ3v) is 13.8. The van der Waals surface area contributed by atoms with Gasteiger partial charge in [-0.15, -0.1) is 0 Å². The Labute approximate surface area is 377 Å². The average molecular weight is 911 g/mol. The van der Waals surface area contributed by atoms with Crippen molar-refractivity contribution >= 4 is 67.3 Å². The Bertz CT molecular complexity index is 2710. The number of benzene rings is 3. The van der Waals surface area contributed by atoms with Crippen LogP contribution in [0.25, 0.3) is 16.6 Å². The van der Waals surface area contributed by atoms with Crippen LogP contribution in [0.3, 0.4) is 0 Å². The first-order valence-electron chi connectivity index (χ1n) is 21.4. The maximum absolute atomic E-state index is 14.0. The lowest BCUT2D eigenvalue weighted by atomic mass is 9.72. The van der Waals surface area contributed by atoms with Crippen LogP contribution in [0, 0.1) is 15.5 Å². The standard InChI is InChI=1S/C46H51ClN8O8S/c1-4-62-45(57)54-23-21-53(22-24-54)40-12-10-37(27-41(40)55(58)59)64(60,61)50-44(56)38-11-9-35(26-42(38)63-36-25-32-14-16-48-43(32)49-29-36)52-19-17-51(18-20-52)30-33-13-15-46(2,3)28-39(33)31-5-7-34(47)8-6-31/h5-12,14,16,25-27,29H,4,13,15,17-24,28,30H2,1-3H3,(H,48,49)(H,50,56). The van der Waals surface area contributed by atoms with Gasteiger partial charge in [-0.1, -0.05) is 43.2 Å². The fraction of sp³-hybridized carbons (Fsp3) is 0.370. The zero-order chi connectivity index (χ0) is 45.2. The molecule has 8 rings (SSSR count). The van der Waals surface area contributed by atoms with Crippen molar-refractivity contribution < 1.29 is 32.4 Å². The molecule has 2 N–H and O–H groups in total. The molecule has 1 aliphatic carbocycles. The predicted molar refractivity (Wildman–Crippen MR) is 246 cm³/mol. The van der Waals surface area contributed by atoms with Gasteiger partial charge >= 0.3 is 6.09 Å². The van der Waals surface area contributed by atoms with Gasteiger partial charge in [0.2, 0.25) is 0 Å². The lowest BCUT2D eigenvalue weighted by Gasteiger charge is -2.39. The molecule has 2 amide bonds. The number of rotatable bonds is 12. The summed E-state index contributed by atoms with van der Waals surface area (Å²) in [6.45, 7) is 11.6. The fourth-order valence-electron chi connectivity index (χ4n) is 8.64. The number of nitrogens with zero attached hydrogens (tertiary/aromatic N) is 6. The first-order chi connectivity index (χ1) is 30.7. The maximum Gasteiger partial charge on any atom is 0.409 e. The summed E-state index contributed by atoms with van der Waals surface area (Å²) in [5.74, 6) is -0.541. The molecule has 336 valence electrons. The quantitative estimate of drug-likeness (QED) is 0.0908. The second-order valence-corrected chi connectivity index (χ2v) is 19.2. The van der Waals surface area contributed by atoms with Crippen molar-refractivity contribution in [2.75, 3.05) is 75.3 Å². The van der Waals surface area contributed by atoms with Gasteiger partial charge in [0.25, 0.3) is 21.6 Å². The predicted octanol–water partition coefficient (Wildman–Crippen LogP) is 8.10. The molecule has 0 saturated carbocycles. The van der Waals surface area contributed by atoms with Crippen molar-refractivity contribution in [3.8, 4) is 11.5 Å². The molecule has 0 atom stereocenters. The van der Waals surface area contributed by atoms with Crippen molar-refractivity contribution in [1.29, 1.82) is 0 Å². The Morgan fingerprint density at radius 3 is 2.39 bits per heavy atom. The maximum atomic E-state index is 14.0. The topological polar surface area (TPSA) is 184 Å². The van der Waals surface area contributed by atoms with E-state index in [1.165, 1.54) is 46.0 Å². The van der Waals surface area contributed by atoms with Gasteiger partial charge in [0, 0.05) is 93.3 Å². The van der Waals surface area contributed by atoms with E-state index in [2.05, 4.69) is 50.5 Å². The highest BCUT2D eigenvalue weighted by Gasteiger charge is 2.32. The van der Waals surface area contributed by atoms with E-state index in [4.69, 9.17) is 21.1 Å². The second kappa shape index (κ2) is 18.5. The molecule has 0 bridgehead atoms. The van der Waals surface area contributed by atoms with Crippen LogP contribution in [-0.4, -0.2) is 111 Å². The van der Waals surface area contributed by atoms with Gasteiger partial charge in [0.05, 0.1) is 28.2 Å². The van der Waals surface area contributed by atoms with E-state index in [9.17, 15) is 28.1 Å². The third kappa shape index (κ3) is 9.96. The van der Waals surface area contributed by atoms with Crippen molar-refractivity contribution in [3.63, 3.8) is 0 Å². The minimum absolute atomic E-state index is 0.0624. The molecule has 18 heteroatoms. The smallest absolute Gasteiger partial charge is 0.409 e. The summed E-state index contributed by atoms with van der Waals surface area (Å²) in [6.07, 6.45) is 5.96. The normalized spacial score (nSPS) is 17.1. The molecule has 2 aliphatic heterocycles. The Morgan fingerprint density at radius 2 is 1.67 bits per heavy atom. The number of ether oxygens (including phenoxy) is 2. The van der Waals surface area contributed by atoms with E-state index in [-0.39, 0.29) is 55.2 Å². The molecule has 4 heterocycles. The number of sulfonamides is 1. The minimum Gasteiger partial charge on any atom is -0.455 e. The number of hydrogen-bond donors (Lipinski definition) is 2. The van der Waals surface area contributed by atoms with E-state index in [1.807, 2.05) is 18.2 Å². The van der Waals surface area contributed by atoms with E-state index in [0.717, 1.165) is 61.1 Å². The van der Waals surface area contributed by atoms with Crippen LogP contribution in [0.2, 0.25) is 5.02 Å². The number of nitrogens with one attached hydrogen (secondary N) is 2. The summed E-state index contributed by atoms with van der Waals surface area (Å²) in [6, 6.07) is 20.3. The van der Waals surface area contributed by atoms with Gasteiger partial charge in [-0.05, 0) is 91.3 Å². The van der Waals surface area contributed by atoms with Gasteiger partial charge in [0.1, 0.15) is 22.8 Å². The number of allylic oxidation sites excluding steroid dienone is 1. The molecule has 5 aromatic rings. The number of carbonyl (C=O) groups excluding carboxylic acids is 2. The van der Waals surface area contributed by atoms with Gasteiger partial charge in [-0.25, -0.2) is 22.9 Å². The molecular weight excluding hydrogens is 860 g/mol. The van der Waals surface area contributed by atoms with E-state index in [0.29, 0.717) is 24.5 Å². The second-order valence-electron chi connectivity index (χ2n) is 17.1. The average Bonchev–Trinajstić information content (AvgIpc) is 3.75. The fourth-order valence-corrected chi connectivity index (χ4v) is 9.76. The van der Waals surface area contributed by atoms with Gasteiger partial charge in [-0.2, -0.15) is 0 Å². The number of aromatic nitrogens is 2. The molecule has 3 aromatic carbocycles. The molecule has 0 radical (unpaired) electrons. The number of halogens is 1. The molecule has 16 nitrogen and oxygen atoms in total. The monoisotopic (exact) mass is 910 g/mol. The molecule has 2 fully saturated rings. The lowest BCUT2D eigenvalue weighted by Crippen LogP contribution is -2.49. The summed E-state index contributed by atoms with van der Waals surface area (Å²) >= 11 is 6.24. The number of nitro benzene ring substituents is 1. The van der Waals surface area contributed by atoms with Crippen LogP contribution >= 0.6 is 11.6 Å². The first kappa shape index (κ1) is 44.4. The van der Waals surface area contributed by atoms with Crippen LogP contribution in [0.15, 0.2) is 95.7 Å². The Balaban J connectivity index is 1.00. The van der Waals surface area contributed by atoms with Crippen LogP contribution in [0.4, 0.5) is 21.9 Å². The minimum atomic E-state index is -4.62. The number of pyridine rings is 1. The van der Waals surface area contributed by atoms with Gasteiger partial charge in [-0.3, -0.25) is 19.8 Å². The number of H-pyrrole nitrogens is 1. The highest BCUT2D eigenvalue weighted by atomic mass is 35.5. The van der Waals surface area contributed by atoms with Crippen LogP contribution in [0.5, 0.6) is 11.5 Å². The number of carbonyl (C=O) groups is 2. The van der Waals surface area contributed by atoms with E-state index >= 15 is 0 Å². The number of fused-ring (bicyclic) bond motifs is 1. The molecular formula is C46H51ClN8O8S. The first-order valence-corrected chi connectivity index (χ1v) is 23.2. The van der Waals surface area contributed by atoms with Gasteiger partial charge in [0.15, 0.2) is 0 Å². The zero-order valence-corrected chi connectivity index (χ0v) is 37.6. The van der Waals surface area contributed by atoms with E-state index < -0.39 is 37.5 Å². The Hall–Kier alpha value is -6.17. The summed E-state index contributed by atoms with van der Waals surface area (Å²) in [5.41, 5.74) is 5.41. The molecule has 2 aromatic heterocycles. The van der Waals surface area contributed by atoms with E-state index in [1.54, 1.807) is 36.2 Å². The summed E-state index contributed by atoms with van der Waals surface area (Å²) in [5, 5.41) is 13.8. The number of hydrogen-bond acceptors (Lipinski definition) is 12. The molecule has 0 unspecified atom stereocenters. The third-order valence-electron chi connectivity index (χ3n) is 12.2. The SMILES string of the molecule is CCOC(=O)N1CCN(c2ccc(S(=O)(=O)NC(=O)c3ccc(N4CCN(CC5=C(c6ccc(Cl)cc6)CC(C)(C)CC5)CC4)cc3Oc3cnc4[nH]ccc4c3)cc2[N+](=O)[O-])CC1. The number of anilines is 2. The molecule has 0 spiro atoms. The largest absolute Gasteiger partial charge is 0.455 e. The summed E-state index contributed by atoms with van der Waals surface area (Å²) in [4.78, 5) is 52.7. The van der Waals surface area contributed by atoms with Crippen molar-refractivity contribution in [2.45, 2.75) is 44.9 Å². The number of piperazine rings is 2. The highest BCUT2D eigenvalue weighted by Crippen LogP contribution is 2.43. The van der Waals surface area contributed by atoms with Gasteiger partial charge < -0.3 is 29.2 Å². The lowest BCUT2D eigenvalue weighted by molar-refractivity contribution is -0.384. The molecule has 3 aliphatic rings. The molecule has 2 saturated heterocycles. The summed E-state index contributed by atoms with van der Waals surface area (Å²) < 4.78 is 41.0. The number of amides is 2. The van der Waals surface area contributed by atoms with Crippen LogP contribution < -0.4 is 19.3 Å². The number of nitro groups is 1. The van der Waals surface area contributed by atoms with Crippen LogP contribution in [-0.2, 0) is 14.8 Å². The zero-order valence-electron chi connectivity index (χ0n) is 36.0. The summed E-state index contributed by atoms with van der Waals surface area (Å²) in [7, 11) is -4.62. The van der Waals surface area contributed by atoms with Crippen molar-refractivity contribution in [2.24, 2.45) is 5.41 Å². The Morgan fingerprint density at radius 1 is 0.938 bits per heavy atom. The number of aromatic amines is 1.